The Labute approximate surface area is 97.5 Å². The van der Waals surface area contributed by atoms with Crippen LogP contribution in [0.15, 0.2) is 22.7 Å². The lowest BCUT2D eigenvalue weighted by molar-refractivity contribution is -0.161. The molecule has 7 heteroatoms. The molecule has 0 aliphatic carbocycles. The van der Waals surface area contributed by atoms with Gasteiger partial charge in [0.25, 0.3) is 0 Å². The topological polar surface area (TPSA) is 52.3 Å². The van der Waals surface area contributed by atoms with Crippen molar-refractivity contribution in [2.24, 2.45) is 0 Å². The van der Waals surface area contributed by atoms with Gasteiger partial charge in [0.15, 0.2) is 6.61 Å². The van der Waals surface area contributed by atoms with Gasteiger partial charge in [-0.15, -0.1) is 0 Å². The predicted molar refractivity (Wildman–Crippen MR) is 54.9 cm³/mol. The molecule has 1 aromatic rings. The zero-order valence-electron chi connectivity index (χ0n) is 7.84. The van der Waals surface area contributed by atoms with Crippen LogP contribution in [0.2, 0.25) is 0 Å². The molecule has 1 rings (SSSR count). The van der Waals surface area contributed by atoms with Crippen LogP contribution in [-0.4, -0.2) is 18.8 Å². The van der Waals surface area contributed by atoms with E-state index in [-0.39, 0.29) is 11.3 Å². The normalized spacial score (nSPS) is 11.2. The first-order valence-electron chi connectivity index (χ1n) is 4.08. The minimum absolute atomic E-state index is 0.0314. The maximum absolute atomic E-state index is 11.8. The molecule has 0 aliphatic rings. The predicted octanol–water partition coefficient (Wildman–Crippen LogP) is 2.75. The Bertz CT molecular complexity index is 386. The zero-order valence-corrected chi connectivity index (χ0v) is 9.43. The Balaban J connectivity index is 2.73. The van der Waals surface area contributed by atoms with Crippen molar-refractivity contribution in [3.8, 4) is 0 Å². The van der Waals surface area contributed by atoms with Crippen molar-refractivity contribution in [3.63, 3.8) is 0 Å². The Hall–Kier alpha value is -1.24. The van der Waals surface area contributed by atoms with E-state index < -0.39 is 18.8 Å². The smallest absolute Gasteiger partial charge is 0.422 e. The number of nitrogen functional groups attached to an aromatic ring is 1. The third kappa shape index (κ3) is 4.09. The fraction of sp³-hybridized carbons (Fsp3) is 0.222. The Morgan fingerprint density at radius 1 is 1.38 bits per heavy atom. The van der Waals surface area contributed by atoms with Gasteiger partial charge >= 0.3 is 12.1 Å². The number of hydrogen-bond acceptors (Lipinski definition) is 3. The van der Waals surface area contributed by atoms with Crippen LogP contribution in [0.4, 0.5) is 18.9 Å². The first-order valence-corrected chi connectivity index (χ1v) is 4.87. The van der Waals surface area contributed by atoms with Crippen LogP contribution < -0.4 is 5.73 Å². The molecule has 0 amide bonds. The summed E-state index contributed by atoms with van der Waals surface area (Å²) >= 11 is 3.06. The standard InChI is InChI=1S/C9H7BrF3NO2/c10-6-1-5(2-7(14)3-6)8(15)16-4-9(11,12)13/h1-3H,4,14H2. The summed E-state index contributed by atoms with van der Waals surface area (Å²) < 4.78 is 39.9. The lowest BCUT2D eigenvalue weighted by Gasteiger charge is -2.08. The quantitative estimate of drug-likeness (QED) is 0.674. The van der Waals surface area contributed by atoms with Crippen LogP contribution in [0.1, 0.15) is 10.4 Å². The van der Waals surface area contributed by atoms with Gasteiger partial charge in [-0.25, -0.2) is 4.79 Å². The van der Waals surface area contributed by atoms with Gasteiger partial charge in [-0.1, -0.05) is 15.9 Å². The molecule has 0 spiro atoms. The third-order valence-electron chi connectivity index (χ3n) is 1.52. The van der Waals surface area contributed by atoms with E-state index in [9.17, 15) is 18.0 Å². The number of carbonyl (C=O) groups is 1. The van der Waals surface area contributed by atoms with Gasteiger partial charge in [-0.3, -0.25) is 0 Å². The van der Waals surface area contributed by atoms with Crippen molar-refractivity contribution < 1.29 is 22.7 Å². The highest BCUT2D eigenvalue weighted by Crippen LogP contribution is 2.19. The second-order valence-electron chi connectivity index (χ2n) is 2.96. The van der Waals surface area contributed by atoms with Crippen LogP contribution >= 0.6 is 15.9 Å². The molecule has 2 N–H and O–H groups in total. The molecule has 0 radical (unpaired) electrons. The Morgan fingerprint density at radius 3 is 2.50 bits per heavy atom. The van der Waals surface area contributed by atoms with Gasteiger partial charge in [0.1, 0.15) is 0 Å². The molecule has 0 aromatic heterocycles. The van der Waals surface area contributed by atoms with Gasteiger partial charge in [0.05, 0.1) is 5.56 Å². The van der Waals surface area contributed by atoms with E-state index in [4.69, 9.17) is 5.73 Å². The van der Waals surface area contributed by atoms with E-state index in [1.54, 1.807) is 0 Å². The van der Waals surface area contributed by atoms with E-state index in [1.165, 1.54) is 18.2 Å². The number of carbonyl (C=O) groups excluding carboxylic acids is 1. The molecule has 0 saturated heterocycles. The van der Waals surface area contributed by atoms with Crippen LogP contribution in [0.3, 0.4) is 0 Å². The number of anilines is 1. The van der Waals surface area contributed by atoms with Crippen molar-refractivity contribution >= 4 is 27.6 Å². The summed E-state index contributed by atoms with van der Waals surface area (Å²) in [6, 6.07) is 4.08. The molecule has 0 unspecified atom stereocenters. The number of alkyl halides is 3. The highest BCUT2D eigenvalue weighted by atomic mass is 79.9. The molecule has 3 nitrogen and oxygen atoms in total. The number of hydrogen-bond donors (Lipinski definition) is 1. The first kappa shape index (κ1) is 12.8. The van der Waals surface area contributed by atoms with Gasteiger partial charge < -0.3 is 10.5 Å². The average Bonchev–Trinajstić information content (AvgIpc) is 2.11. The number of rotatable bonds is 2. The summed E-state index contributed by atoms with van der Waals surface area (Å²) in [4.78, 5) is 11.2. The van der Waals surface area contributed by atoms with Gasteiger partial charge in [0, 0.05) is 10.2 Å². The van der Waals surface area contributed by atoms with E-state index >= 15 is 0 Å². The Morgan fingerprint density at radius 2 is 2.00 bits per heavy atom. The average molecular weight is 298 g/mol. The van der Waals surface area contributed by atoms with Gasteiger partial charge in [-0.05, 0) is 18.2 Å². The summed E-state index contributed by atoms with van der Waals surface area (Å²) in [5, 5.41) is 0. The fourth-order valence-corrected chi connectivity index (χ4v) is 1.47. The number of esters is 1. The van der Waals surface area contributed by atoms with E-state index in [0.717, 1.165) is 0 Å². The molecule has 0 heterocycles. The molecule has 88 valence electrons. The Kier molecular flexibility index (Phi) is 3.79. The summed E-state index contributed by atoms with van der Waals surface area (Å²) in [6.45, 7) is -1.61. The van der Waals surface area contributed by atoms with Crippen molar-refractivity contribution in [1.82, 2.24) is 0 Å². The molecule has 0 atom stereocenters. The van der Waals surface area contributed by atoms with Crippen molar-refractivity contribution in [3.05, 3.63) is 28.2 Å². The SMILES string of the molecule is Nc1cc(Br)cc(C(=O)OCC(F)(F)F)c1. The first-order chi connectivity index (χ1) is 7.28. The van der Waals surface area contributed by atoms with Gasteiger partial charge in [-0.2, -0.15) is 13.2 Å². The van der Waals surface area contributed by atoms with Crippen molar-refractivity contribution in [1.29, 1.82) is 0 Å². The van der Waals surface area contributed by atoms with Crippen molar-refractivity contribution in [2.45, 2.75) is 6.18 Å². The maximum atomic E-state index is 11.8. The number of benzene rings is 1. The number of ether oxygens (including phenoxy) is 1. The highest BCUT2D eigenvalue weighted by Gasteiger charge is 2.29. The molecule has 0 aliphatic heterocycles. The van der Waals surface area contributed by atoms with Crippen LogP contribution in [0.25, 0.3) is 0 Å². The molecule has 0 bridgehead atoms. The summed E-state index contributed by atoms with van der Waals surface area (Å²) in [5.41, 5.74) is 5.65. The van der Waals surface area contributed by atoms with E-state index in [2.05, 4.69) is 20.7 Å². The summed E-state index contributed by atoms with van der Waals surface area (Å²) in [6.07, 6.45) is -4.53. The molecule has 0 saturated carbocycles. The minimum Gasteiger partial charge on any atom is -0.452 e. The zero-order chi connectivity index (χ0) is 12.3. The number of nitrogens with two attached hydrogens (primary N) is 1. The minimum atomic E-state index is -4.53. The molecular weight excluding hydrogens is 291 g/mol. The molecular formula is C9H7BrF3NO2. The van der Waals surface area contributed by atoms with E-state index in [1.807, 2.05) is 0 Å². The largest absolute Gasteiger partial charge is 0.452 e. The van der Waals surface area contributed by atoms with Crippen LogP contribution in [-0.2, 0) is 4.74 Å². The molecule has 16 heavy (non-hydrogen) atoms. The maximum Gasteiger partial charge on any atom is 0.422 e. The molecule has 0 fully saturated rings. The third-order valence-corrected chi connectivity index (χ3v) is 1.98. The lowest BCUT2D eigenvalue weighted by atomic mass is 10.2. The highest BCUT2D eigenvalue weighted by molar-refractivity contribution is 9.10. The number of halogens is 4. The fourth-order valence-electron chi connectivity index (χ4n) is 0.961. The van der Waals surface area contributed by atoms with E-state index in [0.29, 0.717) is 4.47 Å². The van der Waals surface area contributed by atoms with Gasteiger partial charge in [0.2, 0.25) is 0 Å². The van der Waals surface area contributed by atoms with Crippen LogP contribution in [0, 0.1) is 0 Å². The van der Waals surface area contributed by atoms with Crippen molar-refractivity contribution in [2.75, 3.05) is 12.3 Å². The molecule has 1 aromatic carbocycles. The summed E-state index contributed by atoms with van der Waals surface area (Å²) in [7, 11) is 0. The van der Waals surface area contributed by atoms with Crippen LogP contribution in [0.5, 0.6) is 0 Å². The summed E-state index contributed by atoms with van der Waals surface area (Å²) in [5.74, 6) is -1.06. The monoisotopic (exact) mass is 297 g/mol. The second kappa shape index (κ2) is 4.73. The lowest BCUT2D eigenvalue weighted by Crippen LogP contribution is -2.20. The second-order valence-corrected chi connectivity index (χ2v) is 3.88.